The van der Waals surface area contributed by atoms with Gasteiger partial charge in [0.15, 0.2) is 0 Å². The molecule has 0 aliphatic heterocycles. The van der Waals surface area contributed by atoms with Crippen molar-refractivity contribution in [2.45, 2.75) is 64.8 Å². The summed E-state index contributed by atoms with van der Waals surface area (Å²) in [6.07, 6.45) is -1.30. The Labute approximate surface area is 232 Å². The number of aliphatic hydroxyl groups is 1. The Balaban J connectivity index is 1.78. The second-order valence-corrected chi connectivity index (χ2v) is 10.9. The standard InChI is InChI=1S/C31H36F3N3O3/c1-19(2)18-37(22-12-14-31(33,34)15-13-22)28-17-26(32)25(23-6-4-5-7-24(23)29(38)39)16-27(28)36-30(40)35-21-10-8-20(3)9-11-21/h4-11,16-17,19,22,30,35-36,40H,12-15,18H2,1-3H3,(H,38,39). The normalized spacial score (nSPS) is 16.0. The smallest absolute Gasteiger partial charge is 0.336 e. The van der Waals surface area contributed by atoms with Crippen LogP contribution in [0, 0.1) is 18.7 Å². The van der Waals surface area contributed by atoms with Crippen LogP contribution in [0.25, 0.3) is 11.1 Å². The predicted octanol–water partition coefficient (Wildman–Crippen LogP) is 7.34. The molecule has 1 aliphatic carbocycles. The molecule has 0 bridgehead atoms. The number of aryl methyl sites for hydroxylation is 1. The first-order chi connectivity index (χ1) is 18.9. The summed E-state index contributed by atoms with van der Waals surface area (Å²) in [5.41, 5.74) is 2.65. The van der Waals surface area contributed by atoms with Gasteiger partial charge in [-0.25, -0.2) is 18.0 Å². The molecule has 214 valence electrons. The molecule has 9 heteroatoms. The van der Waals surface area contributed by atoms with Gasteiger partial charge in [-0.2, -0.15) is 0 Å². The van der Waals surface area contributed by atoms with Crippen molar-refractivity contribution in [2.24, 2.45) is 5.92 Å². The van der Waals surface area contributed by atoms with E-state index in [4.69, 9.17) is 0 Å². The number of carbonyl (C=O) groups is 1. The van der Waals surface area contributed by atoms with Crippen LogP contribution in [0.3, 0.4) is 0 Å². The van der Waals surface area contributed by atoms with Gasteiger partial charge < -0.3 is 25.7 Å². The minimum absolute atomic E-state index is 0.0476. The van der Waals surface area contributed by atoms with E-state index in [1.165, 1.54) is 24.3 Å². The van der Waals surface area contributed by atoms with Crippen molar-refractivity contribution in [1.82, 2.24) is 0 Å². The van der Waals surface area contributed by atoms with Crippen LogP contribution in [0.4, 0.5) is 30.2 Å². The summed E-state index contributed by atoms with van der Waals surface area (Å²) in [5, 5.41) is 26.6. The van der Waals surface area contributed by atoms with E-state index in [0.717, 1.165) is 5.56 Å². The van der Waals surface area contributed by atoms with Gasteiger partial charge in [0.1, 0.15) is 5.82 Å². The van der Waals surface area contributed by atoms with Gasteiger partial charge in [0.25, 0.3) is 0 Å². The second-order valence-electron chi connectivity index (χ2n) is 10.9. The lowest BCUT2D eigenvalue weighted by atomic mass is 9.90. The Morgan fingerprint density at radius 2 is 1.68 bits per heavy atom. The fourth-order valence-corrected chi connectivity index (χ4v) is 5.19. The van der Waals surface area contributed by atoms with E-state index >= 15 is 4.39 Å². The van der Waals surface area contributed by atoms with Crippen LogP contribution in [0.2, 0.25) is 0 Å². The van der Waals surface area contributed by atoms with Crippen molar-refractivity contribution in [3.63, 3.8) is 0 Å². The molecule has 1 fully saturated rings. The Morgan fingerprint density at radius 1 is 1.02 bits per heavy atom. The molecule has 0 saturated heterocycles. The largest absolute Gasteiger partial charge is 0.478 e. The van der Waals surface area contributed by atoms with Crippen molar-refractivity contribution >= 4 is 23.0 Å². The average Bonchev–Trinajstić information content (AvgIpc) is 2.89. The van der Waals surface area contributed by atoms with Gasteiger partial charge in [0.05, 0.1) is 16.9 Å². The third-order valence-electron chi connectivity index (χ3n) is 7.18. The van der Waals surface area contributed by atoms with Crippen LogP contribution >= 0.6 is 0 Å². The summed E-state index contributed by atoms with van der Waals surface area (Å²) >= 11 is 0. The molecule has 3 aromatic carbocycles. The lowest BCUT2D eigenvalue weighted by molar-refractivity contribution is -0.0382. The van der Waals surface area contributed by atoms with Crippen LogP contribution in [0.15, 0.2) is 60.7 Å². The molecule has 0 radical (unpaired) electrons. The molecule has 0 heterocycles. The van der Waals surface area contributed by atoms with Crippen LogP contribution in [-0.4, -0.2) is 41.0 Å². The number of nitrogens with one attached hydrogen (secondary N) is 2. The maximum atomic E-state index is 15.8. The molecule has 1 unspecified atom stereocenters. The van der Waals surface area contributed by atoms with E-state index in [2.05, 4.69) is 10.6 Å². The van der Waals surface area contributed by atoms with Crippen molar-refractivity contribution in [1.29, 1.82) is 0 Å². The molecule has 1 atom stereocenters. The molecular formula is C31H36F3N3O3. The number of aromatic carboxylic acids is 1. The van der Waals surface area contributed by atoms with E-state index in [9.17, 15) is 23.8 Å². The number of benzene rings is 3. The topological polar surface area (TPSA) is 84.8 Å². The van der Waals surface area contributed by atoms with Gasteiger partial charge in [-0.1, -0.05) is 49.7 Å². The van der Waals surface area contributed by atoms with Gasteiger partial charge in [0, 0.05) is 36.7 Å². The summed E-state index contributed by atoms with van der Waals surface area (Å²) in [6.45, 7) is 6.43. The first-order valence-electron chi connectivity index (χ1n) is 13.5. The highest BCUT2D eigenvalue weighted by atomic mass is 19.3. The van der Waals surface area contributed by atoms with Crippen LogP contribution < -0.4 is 15.5 Å². The van der Waals surface area contributed by atoms with Crippen molar-refractivity contribution in [2.75, 3.05) is 22.1 Å². The number of nitrogens with zero attached hydrogens (tertiary/aromatic N) is 1. The maximum Gasteiger partial charge on any atom is 0.336 e. The Hall–Kier alpha value is -3.72. The van der Waals surface area contributed by atoms with Crippen molar-refractivity contribution < 1.29 is 28.2 Å². The highest BCUT2D eigenvalue weighted by Crippen LogP contribution is 2.41. The third-order valence-corrected chi connectivity index (χ3v) is 7.18. The van der Waals surface area contributed by atoms with E-state index in [0.29, 0.717) is 23.6 Å². The van der Waals surface area contributed by atoms with Gasteiger partial charge >= 0.3 is 5.97 Å². The van der Waals surface area contributed by atoms with Crippen LogP contribution in [0.1, 0.15) is 55.5 Å². The quantitative estimate of drug-likeness (QED) is 0.196. The zero-order valence-corrected chi connectivity index (χ0v) is 22.9. The summed E-state index contributed by atoms with van der Waals surface area (Å²) in [5.74, 6) is -4.42. The average molecular weight is 556 g/mol. The highest BCUT2D eigenvalue weighted by molar-refractivity contribution is 5.97. The summed E-state index contributed by atoms with van der Waals surface area (Å²) in [6, 6.07) is 16.1. The number of hydrogen-bond donors (Lipinski definition) is 4. The minimum Gasteiger partial charge on any atom is -0.478 e. The van der Waals surface area contributed by atoms with E-state index in [1.54, 1.807) is 12.1 Å². The van der Waals surface area contributed by atoms with E-state index in [1.807, 2.05) is 49.9 Å². The van der Waals surface area contributed by atoms with Gasteiger partial charge in [-0.05, 0) is 61.6 Å². The lowest BCUT2D eigenvalue weighted by Crippen LogP contribution is -2.43. The molecule has 0 aromatic heterocycles. The van der Waals surface area contributed by atoms with Crippen molar-refractivity contribution in [3.8, 4) is 11.1 Å². The number of aliphatic hydroxyl groups excluding tert-OH is 1. The molecule has 40 heavy (non-hydrogen) atoms. The van der Waals surface area contributed by atoms with E-state index < -0.39 is 24.1 Å². The maximum absolute atomic E-state index is 15.8. The summed E-state index contributed by atoms with van der Waals surface area (Å²) in [4.78, 5) is 13.8. The first-order valence-corrected chi connectivity index (χ1v) is 13.5. The second kappa shape index (κ2) is 12.2. The predicted molar refractivity (Wildman–Crippen MR) is 153 cm³/mol. The number of anilines is 3. The fourth-order valence-electron chi connectivity index (χ4n) is 5.19. The SMILES string of the molecule is Cc1ccc(NC(O)Nc2cc(-c3ccccc3C(=O)O)c(F)cc2N(CC(C)C)C2CCC(F)(F)CC2)cc1. The number of alkyl halides is 2. The Kier molecular flexibility index (Phi) is 8.93. The molecule has 0 spiro atoms. The molecule has 0 amide bonds. The van der Waals surface area contributed by atoms with Crippen molar-refractivity contribution in [3.05, 3.63) is 77.6 Å². The lowest BCUT2D eigenvalue weighted by Gasteiger charge is -2.40. The highest BCUT2D eigenvalue weighted by Gasteiger charge is 2.38. The number of carboxylic acids is 1. The molecule has 3 aromatic rings. The van der Waals surface area contributed by atoms with Gasteiger partial charge in [0.2, 0.25) is 12.3 Å². The molecule has 4 N–H and O–H groups in total. The first kappa shape index (κ1) is 29.3. The minimum atomic E-state index is -2.72. The molecule has 1 saturated carbocycles. The number of carboxylic acid groups (broad SMARTS) is 1. The van der Waals surface area contributed by atoms with Gasteiger partial charge in [-0.15, -0.1) is 0 Å². The molecular weight excluding hydrogens is 519 g/mol. The zero-order valence-electron chi connectivity index (χ0n) is 22.9. The number of hydrogen-bond acceptors (Lipinski definition) is 5. The zero-order chi connectivity index (χ0) is 29.0. The van der Waals surface area contributed by atoms with Gasteiger partial charge in [-0.3, -0.25) is 0 Å². The Morgan fingerprint density at radius 3 is 2.30 bits per heavy atom. The molecule has 1 aliphatic rings. The van der Waals surface area contributed by atoms with Crippen LogP contribution in [0.5, 0.6) is 0 Å². The summed E-state index contributed by atoms with van der Waals surface area (Å²) < 4.78 is 43.9. The molecule has 6 nitrogen and oxygen atoms in total. The molecule has 4 rings (SSSR count). The fraction of sp³-hybridized carbons (Fsp3) is 0.387. The van der Waals surface area contributed by atoms with E-state index in [-0.39, 0.29) is 54.3 Å². The van der Waals surface area contributed by atoms with Crippen LogP contribution in [-0.2, 0) is 0 Å². The number of rotatable bonds is 10. The third kappa shape index (κ3) is 7.07. The monoisotopic (exact) mass is 555 g/mol. The summed E-state index contributed by atoms with van der Waals surface area (Å²) in [7, 11) is 0. The Bertz CT molecular complexity index is 1320. The number of halogens is 3.